The van der Waals surface area contributed by atoms with E-state index in [1.165, 1.54) is 4.90 Å². The zero-order valence-corrected chi connectivity index (χ0v) is 17.2. The lowest BCUT2D eigenvalue weighted by Gasteiger charge is -2.38. The van der Waals surface area contributed by atoms with Crippen LogP contribution in [0.25, 0.3) is 0 Å². The van der Waals surface area contributed by atoms with E-state index in [0.29, 0.717) is 38.5 Å². The van der Waals surface area contributed by atoms with Crippen molar-refractivity contribution in [2.45, 2.75) is 25.8 Å². The smallest absolute Gasteiger partial charge is 0.251 e. The number of phenolic OH excluding ortho intramolecular Hbond substituents is 1. The standard InChI is InChI=1S/C23H27N3O4/c1-2-15-30-18-9-7-17(8-10-18)26-22(28)16-20(23(26)29)25-13-11-24(12-14-25)19-5-3-4-6-21(19)27/h3-10,20,27H,2,11-16H2,1H3/t20-/m0/s1. The highest BCUT2D eigenvalue weighted by atomic mass is 16.5. The van der Waals surface area contributed by atoms with Crippen LogP contribution in [-0.2, 0) is 9.59 Å². The van der Waals surface area contributed by atoms with Crippen LogP contribution < -0.4 is 14.5 Å². The van der Waals surface area contributed by atoms with E-state index in [1.807, 2.05) is 19.1 Å². The average molecular weight is 409 g/mol. The Balaban J connectivity index is 1.40. The number of phenols is 1. The van der Waals surface area contributed by atoms with Gasteiger partial charge in [-0.1, -0.05) is 19.1 Å². The molecule has 0 spiro atoms. The highest BCUT2D eigenvalue weighted by Crippen LogP contribution is 2.30. The summed E-state index contributed by atoms with van der Waals surface area (Å²) in [5, 5.41) is 10.1. The number of anilines is 2. The largest absolute Gasteiger partial charge is 0.506 e. The second-order valence-corrected chi connectivity index (χ2v) is 7.64. The lowest BCUT2D eigenvalue weighted by Crippen LogP contribution is -2.52. The van der Waals surface area contributed by atoms with Gasteiger partial charge in [0, 0.05) is 26.2 Å². The van der Waals surface area contributed by atoms with Gasteiger partial charge in [0.15, 0.2) is 0 Å². The highest BCUT2D eigenvalue weighted by molar-refractivity contribution is 6.22. The lowest BCUT2D eigenvalue weighted by molar-refractivity contribution is -0.123. The van der Waals surface area contributed by atoms with Gasteiger partial charge in [-0.05, 0) is 42.8 Å². The number of ether oxygens (including phenoxy) is 1. The van der Waals surface area contributed by atoms with Crippen LogP contribution >= 0.6 is 0 Å². The number of hydrogen-bond donors (Lipinski definition) is 1. The van der Waals surface area contributed by atoms with Crippen LogP contribution in [0.3, 0.4) is 0 Å². The van der Waals surface area contributed by atoms with Crippen LogP contribution in [0.5, 0.6) is 11.5 Å². The van der Waals surface area contributed by atoms with Gasteiger partial charge in [-0.15, -0.1) is 0 Å². The Hall–Kier alpha value is -3.06. The summed E-state index contributed by atoms with van der Waals surface area (Å²) in [5.74, 6) is 0.653. The second-order valence-electron chi connectivity index (χ2n) is 7.64. The molecule has 4 rings (SSSR count). The van der Waals surface area contributed by atoms with Crippen molar-refractivity contribution in [2.24, 2.45) is 0 Å². The topological polar surface area (TPSA) is 73.3 Å². The van der Waals surface area contributed by atoms with E-state index >= 15 is 0 Å². The van der Waals surface area contributed by atoms with Crippen LogP contribution in [-0.4, -0.2) is 60.6 Å². The van der Waals surface area contributed by atoms with Crippen LogP contribution in [0, 0.1) is 0 Å². The number of hydrogen-bond acceptors (Lipinski definition) is 6. The first kappa shape index (κ1) is 20.2. The first-order chi connectivity index (χ1) is 14.6. The average Bonchev–Trinajstić information content (AvgIpc) is 3.07. The quantitative estimate of drug-likeness (QED) is 0.740. The monoisotopic (exact) mass is 409 g/mol. The molecule has 1 atom stereocenters. The summed E-state index contributed by atoms with van der Waals surface area (Å²) in [4.78, 5) is 31.2. The van der Waals surface area contributed by atoms with Crippen molar-refractivity contribution >= 4 is 23.2 Å². The zero-order chi connectivity index (χ0) is 21.1. The van der Waals surface area contributed by atoms with Crippen molar-refractivity contribution in [3.05, 3.63) is 48.5 Å². The molecule has 2 aromatic rings. The molecule has 0 bridgehead atoms. The first-order valence-corrected chi connectivity index (χ1v) is 10.4. The minimum atomic E-state index is -0.431. The molecule has 1 N–H and O–H groups in total. The summed E-state index contributed by atoms with van der Waals surface area (Å²) in [6.45, 7) is 5.39. The number of rotatable bonds is 6. The molecule has 2 amide bonds. The molecule has 158 valence electrons. The normalized spacial score (nSPS) is 20.1. The maximum Gasteiger partial charge on any atom is 0.251 e. The maximum absolute atomic E-state index is 13.1. The molecule has 2 fully saturated rings. The summed E-state index contributed by atoms with van der Waals surface area (Å²) < 4.78 is 5.58. The molecule has 2 aliphatic rings. The van der Waals surface area contributed by atoms with Gasteiger partial charge in [0.25, 0.3) is 5.91 Å². The number of imide groups is 1. The fourth-order valence-electron chi connectivity index (χ4n) is 4.09. The van der Waals surface area contributed by atoms with Crippen LogP contribution in [0.2, 0.25) is 0 Å². The molecule has 2 heterocycles. The van der Waals surface area contributed by atoms with E-state index < -0.39 is 6.04 Å². The first-order valence-electron chi connectivity index (χ1n) is 10.4. The molecular weight excluding hydrogens is 382 g/mol. The van der Waals surface area contributed by atoms with E-state index in [2.05, 4.69) is 9.80 Å². The SMILES string of the molecule is CCCOc1ccc(N2C(=O)C[C@H](N3CCN(c4ccccc4O)CC3)C2=O)cc1. The Morgan fingerprint density at radius 3 is 2.37 bits per heavy atom. The number of carbonyl (C=O) groups excluding carboxylic acids is 2. The van der Waals surface area contributed by atoms with Gasteiger partial charge in [-0.2, -0.15) is 0 Å². The van der Waals surface area contributed by atoms with Gasteiger partial charge in [-0.3, -0.25) is 14.5 Å². The molecule has 0 unspecified atom stereocenters. The molecule has 0 saturated carbocycles. The number of nitrogens with zero attached hydrogens (tertiary/aromatic N) is 3. The van der Waals surface area contributed by atoms with Gasteiger partial charge in [-0.25, -0.2) is 4.90 Å². The molecule has 2 aromatic carbocycles. The van der Waals surface area contributed by atoms with E-state index in [1.54, 1.807) is 36.4 Å². The zero-order valence-electron chi connectivity index (χ0n) is 17.2. The van der Waals surface area contributed by atoms with Crippen molar-refractivity contribution in [1.82, 2.24) is 4.90 Å². The molecule has 30 heavy (non-hydrogen) atoms. The van der Waals surface area contributed by atoms with Crippen LogP contribution in [0.15, 0.2) is 48.5 Å². The summed E-state index contributed by atoms with van der Waals surface area (Å²) >= 11 is 0. The number of piperazine rings is 1. The van der Waals surface area contributed by atoms with Crippen LogP contribution in [0.1, 0.15) is 19.8 Å². The Labute approximate surface area is 176 Å². The number of para-hydroxylation sites is 2. The third-order valence-corrected chi connectivity index (χ3v) is 5.67. The van der Waals surface area contributed by atoms with Gasteiger partial charge in [0.05, 0.1) is 30.4 Å². The van der Waals surface area contributed by atoms with Gasteiger partial charge in [0.1, 0.15) is 11.5 Å². The maximum atomic E-state index is 13.1. The molecule has 0 aromatic heterocycles. The summed E-state index contributed by atoms with van der Waals surface area (Å²) in [7, 11) is 0. The third kappa shape index (κ3) is 3.98. The van der Waals surface area contributed by atoms with E-state index in [-0.39, 0.29) is 24.0 Å². The molecular formula is C23H27N3O4. The molecule has 7 heteroatoms. The number of benzene rings is 2. The fourth-order valence-corrected chi connectivity index (χ4v) is 4.09. The molecule has 0 aliphatic carbocycles. The van der Waals surface area contributed by atoms with E-state index in [4.69, 9.17) is 4.74 Å². The fraction of sp³-hybridized carbons (Fsp3) is 0.391. The Bertz CT molecular complexity index is 907. The predicted molar refractivity (Wildman–Crippen MR) is 115 cm³/mol. The van der Waals surface area contributed by atoms with Crippen molar-refractivity contribution in [3.63, 3.8) is 0 Å². The van der Waals surface area contributed by atoms with Gasteiger partial charge < -0.3 is 14.7 Å². The predicted octanol–water partition coefficient (Wildman–Crippen LogP) is 2.64. The Morgan fingerprint density at radius 1 is 1.00 bits per heavy atom. The Kier molecular flexibility index (Phi) is 5.90. The van der Waals surface area contributed by atoms with Crippen molar-refractivity contribution in [3.8, 4) is 11.5 Å². The van der Waals surface area contributed by atoms with Gasteiger partial charge >= 0.3 is 0 Å². The minimum Gasteiger partial charge on any atom is -0.506 e. The van der Waals surface area contributed by atoms with Crippen LogP contribution in [0.4, 0.5) is 11.4 Å². The molecule has 2 saturated heterocycles. The lowest BCUT2D eigenvalue weighted by atomic mass is 10.1. The minimum absolute atomic E-state index is 0.168. The van der Waals surface area contributed by atoms with E-state index in [9.17, 15) is 14.7 Å². The summed E-state index contributed by atoms with van der Waals surface area (Å²) in [6, 6.07) is 14.0. The number of amides is 2. The highest BCUT2D eigenvalue weighted by Gasteiger charge is 2.43. The van der Waals surface area contributed by atoms with Crippen molar-refractivity contribution < 1.29 is 19.4 Å². The third-order valence-electron chi connectivity index (χ3n) is 5.67. The molecule has 0 radical (unpaired) electrons. The molecule has 7 nitrogen and oxygen atoms in total. The summed E-state index contributed by atoms with van der Waals surface area (Å²) in [5.41, 5.74) is 1.39. The molecule has 2 aliphatic heterocycles. The second kappa shape index (κ2) is 8.75. The van der Waals surface area contributed by atoms with Crippen molar-refractivity contribution in [1.29, 1.82) is 0 Å². The number of carbonyl (C=O) groups is 2. The van der Waals surface area contributed by atoms with Gasteiger partial charge in [0.2, 0.25) is 5.91 Å². The summed E-state index contributed by atoms with van der Waals surface area (Å²) in [6.07, 6.45) is 1.12. The van der Waals surface area contributed by atoms with E-state index in [0.717, 1.165) is 17.9 Å². The van der Waals surface area contributed by atoms with Crippen molar-refractivity contribution in [2.75, 3.05) is 42.6 Å². The number of aromatic hydroxyl groups is 1. The Morgan fingerprint density at radius 2 is 1.70 bits per heavy atom.